The Morgan fingerprint density at radius 3 is 2.81 bits per heavy atom. The third kappa shape index (κ3) is 1.69. The fourth-order valence-corrected chi connectivity index (χ4v) is 3.51. The molecule has 1 aromatic rings. The van der Waals surface area contributed by atoms with Gasteiger partial charge in [-0.15, -0.1) is 0 Å². The fraction of sp³-hybridized carbons (Fsp3) is 0.714. The van der Waals surface area contributed by atoms with E-state index in [0.29, 0.717) is 0 Å². The van der Waals surface area contributed by atoms with E-state index < -0.39 is 0 Å². The van der Waals surface area contributed by atoms with Crippen LogP contribution in [0, 0.1) is 6.92 Å². The van der Waals surface area contributed by atoms with E-state index >= 15 is 0 Å². The predicted octanol–water partition coefficient (Wildman–Crippen LogP) is 2.67. The molecule has 2 heterocycles. The number of rotatable bonds is 1. The molecule has 0 saturated carbocycles. The van der Waals surface area contributed by atoms with Crippen LogP contribution in [-0.4, -0.2) is 18.1 Å². The lowest BCUT2D eigenvalue weighted by molar-refractivity contribution is 0.457. The summed E-state index contributed by atoms with van der Waals surface area (Å²) in [4.78, 5) is 3.63. The van der Waals surface area contributed by atoms with Crippen molar-refractivity contribution >= 4 is 0 Å². The van der Waals surface area contributed by atoms with Crippen LogP contribution in [0.4, 0.5) is 0 Å². The van der Waals surface area contributed by atoms with Gasteiger partial charge in [0.25, 0.3) is 0 Å². The molecule has 16 heavy (non-hydrogen) atoms. The zero-order valence-corrected chi connectivity index (χ0v) is 10.2. The molecule has 2 aliphatic rings. The largest absolute Gasteiger partial charge is 0.362 e. The lowest BCUT2D eigenvalue weighted by atomic mass is 9.85. The summed E-state index contributed by atoms with van der Waals surface area (Å²) in [6, 6.07) is 0. The van der Waals surface area contributed by atoms with Gasteiger partial charge in [-0.2, -0.15) is 0 Å². The molecule has 1 aliphatic carbocycles. The third-order valence-corrected chi connectivity index (χ3v) is 4.24. The first-order valence-corrected chi connectivity index (χ1v) is 6.77. The summed E-state index contributed by atoms with van der Waals surface area (Å²) in [6.07, 6.45) is 8.05. The fourth-order valence-electron chi connectivity index (χ4n) is 3.51. The minimum Gasteiger partial charge on any atom is -0.362 e. The van der Waals surface area contributed by atoms with Crippen molar-refractivity contribution in [1.82, 2.24) is 10.3 Å². The molecule has 1 fully saturated rings. The first-order chi connectivity index (χ1) is 7.86. The van der Waals surface area contributed by atoms with Crippen molar-refractivity contribution in [2.24, 2.45) is 0 Å². The number of piperidine rings is 1. The maximum absolute atomic E-state index is 3.63. The Kier molecular flexibility index (Phi) is 2.76. The number of aromatic nitrogens is 1. The predicted molar refractivity (Wildman–Crippen MR) is 67.0 cm³/mol. The number of hydrogen-bond acceptors (Lipinski definition) is 1. The molecule has 2 N–H and O–H groups in total. The van der Waals surface area contributed by atoms with Crippen LogP contribution in [-0.2, 0) is 12.8 Å². The Hall–Kier alpha value is -0.760. The van der Waals surface area contributed by atoms with Gasteiger partial charge in [0.15, 0.2) is 0 Å². The number of aromatic amines is 1. The summed E-state index contributed by atoms with van der Waals surface area (Å²) >= 11 is 0. The third-order valence-electron chi connectivity index (χ3n) is 4.24. The first kappa shape index (κ1) is 10.4. The standard InChI is InChI=1S/C14H22N2/c1-10-14(11-5-4-8-15-9-11)12-6-2-3-7-13(12)16-10/h11,15-16H,2-9H2,1H3. The molecule has 1 aromatic heterocycles. The second-order valence-corrected chi connectivity index (χ2v) is 5.37. The van der Waals surface area contributed by atoms with Crippen molar-refractivity contribution in [1.29, 1.82) is 0 Å². The molecule has 0 bridgehead atoms. The zero-order chi connectivity index (χ0) is 11.0. The van der Waals surface area contributed by atoms with E-state index in [4.69, 9.17) is 0 Å². The average Bonchev–Trinajstić information content (AvgIpc) is 2.66. The second-order valence-electron chi connectivity index (χ2n) is 5.37. The summed E-state index contributed by atoms with van der Waals surface area (Å²) in [5.41, 5.74) is 6.34. The summed E-state index contributed by atoms with van der Waals surface area (Å²) in [5.74, 6) is 0.770. The summed E-state index contributed by atoms with van der Waals surface area (Å²) in [7, 11) is 0. The molecule has 0 aromatic carbocycles. The van der Waals surface area contributed by atoms with E-state index in [1.807, 2.05) is 0 Å². The van der Waals surface area contributed by atoms with Gasteiger partial charge in [-0.05, 0) is 69.0 Å². The van der Waals surface area contributed by atoms with Crippen LogP contribution in [0.3, 0.4) is 0 Å². The lowest BCUT2D eigenvalue weighted by Crippen LogP contribution is -2.29. The molecule has 1 atom stereocenters. The highest BCUT2D eigenvalue weighted by Crippen LogP contribution is 2.34. The number of fused-ring (bicyclic) bond motifs is 1. The SMILES string of the molecule is Cc1[nH]c2c(c1C1CCCNC1)CCCC2. The molecule has 3 rings (SSSR count). The molecule has 0 spiro atoms. The van der Waals surface area contributed by atoms with Crippen LogP contribution in [0.2, 0.25) is 0 Å². The van der Waals surface area contributed by atoms with Crippen molar-refractivity contribution < 1.29 is 0 Å². The van der Waals surface area contributed by atoms with Crippen molar-refractivity contribution in [3.05, 3.63) is 22.5 Å². The number of H-pyrrole nitrogens is 1. The number of hydrogen-bond donors (Lipinski definition) is 2. The van der Waals surface area contributed by atoms with Gasteiger partial charge in [-0.25, -0.2) is 0 Å². The maximum Gasteiger partial charge on any atom is 0.0184 e. The molecule has 1 aliphatic heterocycles. The van der Waals surface area contributed by atoms with Gasteiger partial charge < -0.3 is 10.3 Å². The summed E-state index contributed by atoms with van der Waals surface area (Å²) in [5, 5.41) is 3.54. The molecule has 2 nitrogen and oxygen atoms in total. The van der Waals surface area contributed by atoms with Crippen LogP contribution in [0.1, 0.15) is 54.1 Å². The Bertz CT molecular complexity index is 372. The number of aryl methyl sites for hydroxylation is 2. The van der Waals surface area contributed by atoms with Gasteiger partial charge in [0.2, 0.25) is 0 Å². The molecule has 88 valence electrons. The zero-order valence-electron chi connectivity index (χ0n) is 10.2. The minimum absolute atomic E-state index is 0.770. The van der Waals surface area contributed by atoms with Gasteiger partial charge >= 0.3 is 0 Å². The molecular weight excluding hydrogens is 196 g/mol. The van der Waals surface area contributed by atoms with Crippen LogP contribution < -0.4 is 5.32 Å². The van der Waals surface area contributed by atoms with Crippen LogP contribution in [0.25, 0.3) is 0 Å². The van der Waals surface area contributed by atoms with Gasteiger partial charge in [0.1, 0.15) is 0 Å². The first-order valence-electron chi connectivity index (χ1n) is 6.77. The van der Waals surface area contributed by atoms with E-state index in [9.17, 15) is 0 Å². The topological polar surface area (TPSA) is 27.8 Å². The Morgan fingerprint density at radius 2 is 2.00 bits per heavy atom. The molecule has 1 saturated heterocycles. The normalized spacial score (nSPS) is 25.4. The Morgan fingerprint density at radius 1 is 1.12 bits per heavy atom. The lowest BCUT2D eigenvalue weighted by Gasteiger charge is -2.25. The van der Waals surface area contributed by atoms with Gasteiger partial charge in [0.05, 0.1) is 0 Å². The molecule has 2 heteroatoms. The Balaban J connectivity index is 1.95. The highest BCUT2D eigenvalue weighted by Gasteiger charge is 2.25. The van der Waals surface area contributed by atoms with Crippen LogP contribution in [0.15, 0.2) is 0 Å². The molecule has 0 radical (unpaired) electrons. The van der Waals surface area contributed by atoms with Crippen molar-refractivity contribution in [3.63, 3.8) is 0 Å². The van der Waals surface area contributed by atoms with E-state index in [-0.39, 0.29) is 0 Å². The summed E-state index contributed by atoms with van der Waals surface area (Å²) < 4.78 is 0. The van der Waals surface area contributed by atoms with Crippen molar-refractivity contribution in [2.75, 3.05) is 13.1 Å². The monoisotopic (exact) mass is 218 g/mol. The highest BCUT2D eigenvalue weighted by molar-refractivity contribution is 5.41. The molecular formula is C14H22N2. The van der Waals surface area contributed by atoms with E-state index in [1.165, 1.54) is 57.3 Å². The van der Waals surface area contributed by atoms with Gasteiger partial charge in [0, 0.05) is 17.9 Å². The van der Waals surface area contributed by atoms with E-state index in [0.717, 1.165) is 5.92 Å². The van der Waals surface area contributed by atoms with Gasteiger partial charge in [-0.3, -0.25) is 0 Å². The molecule has 1 unspecified atom stereocenters. The second kappa shape index (κ2) is 4.25. The Labute approximate surface area is 97.8 Å². The van der Waals surface area contributed by atoms with Crippen LogP contribution in [0.5, 0.6) is 0 Å². The quantitative estimate of drug-likeness (QED) is 0.745. The van der Waals surface area contributed by atoms with Gasteiger partial charge in [-0.1, -0.05) is 0 Å². The maximum atomic E-state index is 3.63. The van der Waals surface area contributed by atoms with E-state index in [1.54, 1.807) is 16.8 Å². The number of nitrogens with one attached hydrogen (secondary N) is 2. The minimum atomic E-state index is 0.770. The average molecular weight is 218 g/mol. The summed E-state index contributed by atoms with van der Waals surface area (Å²) in [6.45, 7) is 4.66. The highest BCUT2D eigenvalue weighted by atomic mass is 14.9. The van der Waals surface area contributed by atoms with Crippen molar-refractivity contribution in [2.45, 2.75) is 51.4 Å². The van der Waals surface area contributed by atoms with Crippen molar-refractivity contribution in [3.8, 4) is 0 Å². The smallest absolute Gasteiger partial charge is 0.0184 e. The van der Waals surface area contributed by atoms with Crippen LogP contribution >= 0.6 is 0 Å². The molecule has 0 amide bonds. The van der Waals surface area contributed by atoms with E-state index in [2.05, 4.69) is 17.2 Å².